The summed E-state index contributed by atoms with van der Waals surface area (Å²) in [7, 11) is 2.99. The first-order valence-corrected chi connectivity index (χ1v) is 5.52. The SMILES string of the molecule is COc1cc(C(S)CS)cc(OC)c1O. The molecule has 0 saturated heterocycles. The van der Waals surface area contributed by atoms with Crippen LogP contribution in [0.1, 0.15) is 10.8 Å². The van der Waals surface area contributed by atoms with E-state index in [0.29, 0.717) is 17.3 Å². The molecule has 0 aliphatic heterocycles. The number of hydrogen-bond donors (Lipinski definition) is 3. The first kappa shape index (κ1) is 12.4. The highest BCUT2D eigenvalue weighted by atomic mass is 32.1. The van der Waals surface area contributed by atoms with Gasteiger partial charge in [0, 0.05) is 11.0 Å². The van der Waals surface area contributed by atoms with Crippen LogP contribution in [0, 0.1) is 0 Å². The van der Waals surface area contributed by atoms with E-state index in [2.05, 4.69) is 25.3 Å². The van der Waals surface area contributed by atoms with Crippen LogP contribution in [0.5, 0.6) is 17.2 Å². The summed E-state index contributed by atoms with van der Waals surface area (Å²) in [6.45, 7) is 0. The molecule has 15 heavy (non-hydrogen) atoms. The van der Waals surface area contributed by atoms with E-state index in [1.54, 1.807) is 12.1 Å². The number of methoxy groups -OCH3 is 2. The number of thiol groups is 2. The molecule has 0 bridgehead atoms. The van der Waals surface area contributed by atoms with Crippen molar-refractivity contribution in [3.05, 3.63) is 17.7 Å². The van der Waals surface area contributed by atoms with Crippen molar-refractivity contribution in [3.8, 4) is 17.2 Å². The van der Waals surface area contributed by atoms with Crippen LogP contribution < -0.4 is 9.47 Å². The smallest absolute Gasteiger partial charge is 0.200 e. The maximum atomic E-state index is 9.67. The van der Waals surface area contributed by atoms with Gasteiger partial charge in [0.2, 0.25) is 5.75 Å². The minimum atomic E-state index is -0.0169. The molecule has 0 aliphatic rings. The third-order valence-corrected chi connectivity index (χ3v) is 3.19. The molecule has 1 rings (SSSR count). The van der Waals surface area contributed by atoms with Crippen molar-refractivity contribution in [1.82, 2.24) is 0 Å². The molecule has 0 aliphatic carbocycles. The van der Waals surface area contributed by atoms with E-state index in [0.717, 1.165) is 5.56 Å². The monoisotopic (exact) mass is 246 g/mol. The summed E-state index contributed by atoms with van der Waals surface area (Å²) in [6.07, 6.45) is 0. The summed E-state index contributed by atoms with van der Waals surface area (Å²) in [5.41, 5.74) is 0.903. The molecule has 1 unspecified atom stereocenters. The average molecular weight is 246 g/mol. The second-order valence-corrected chi connectivity index (χ2v) is 3.96. The summed E-state index contributed by atoms with van der Waals surface area (Å²) >= 11 is 8.52. The molecule has 3 nitrogen and oxygen atoms in total. The molecular formula is C10H14O3S2. The zero-order chi connectivity index (χ0) is 11.4. The number of aromatic hydroxyl groups is 1. The molecule has 0 aromatic heterocycles. The molecule has 0 spiro atoms. The fourth-order valence-electron chi connectivity index (χ4n) is 1.21. The van der Waals surface area contributed by atoms with Crippen molar-refractivity contribution in [1.29, 1.82) is 0 Å². The molecule has 0 amide bonds. The lowest BCUT2D eigenvalue weighted by Crippen LogP contribution is -1.96. The van der Waals surface area contributed by atoms with E-state index in [-0.39, 0.29) is 11.0 Å². The number of benzene rings is 1. The lowest BCUT2D eigenvalue weighted by Gasteiger charge is -2.13. The number of hydrogen-bond acceptors (Lipinski definition) is 5. The minimum absolute atomic E-state index is 0.00319. The molecule has 1 atom stereocenters. The average Bonchev–Trinajstić information content (AvgIpc) is 2.28. The lowest BCUT2D eigenvalue weighted by molar-refractivity contribution is 0.339. The Morgan fingerprint density at radius 3 is 2.07 bits per heavy atom. The van der Waals surface area contributed by atoms with Crippen molar-refractivity contribution in [2.45, 2.75) is 5.25 Å². The van der Waals surface area contributed by atoms with Gasteiger partial charge in [0.1, 0.15) is 0 Å². The second-order valence-electron chi connectivity index (χ2n) is 2.97. The van der Waals surface area contributed by atoms with Crippen LogP contribution in [-0.2, 0) is 0 Å². The van der Waals surface area contributed by atoms with Gasteiger partial charge in [0.25, 0.3) is 0 Å². The number of phenolic OH excluding ortho intramolecular Hbond substituents is 1. The lowest BCUT2D eigenvalue weighted by atomic mass is 10.1. The van der Waals surface area contributed by atoms with E-state index in [4.69, 9.17) is 9.47 Å². The first-order valence-electron chi connectivity index (χ1n) is 4.37. The molecule has 1 aromatic rings. The largest absolute Gasteiger partial charge is 0.502 e. The van der Waals surface area contributed by atoms with Crippen LogP contribution in [0.4, 0.5) is 0 Å². The van der Waals surface area contributed by atoms with Crippen molar-refractivity contribution in [2.24, 2.45) is 0 Å². The number of ether oxygens (including phenoxy) is 2. The Balaban J connectivity index is 3.20. The standard InChI is InChI=1S/C10H14O3S2/c1-12-7-3-6(9(15)5-14)4-8(13-2)10(7)11/h3-4,9,11,14-15H,5H2,1-2H3. The van der Waals surface area contributed by atoms with Gasteiger partial charge < -0.3 is 14.6 Å². The van der Waals surface area contributed by atoms with Crippen LogP contribution in [0.15, 0.2) is 12.1 Å². The maximum absolute atomic E-state index is 9.67. The van der Waals surface area contributed by atoms with Gasteiger partial charge in [0.15, 0.2) is 11.5 Å². The predicted molar refractivity (Wildman–Crippen MR) is 66.8 cm³/mol. The Morgan fingerprint density at radius 2 is 1.73 bits per heavy atom. The molecule has 0 radical (unpaired) electrons. The van der Waals surface area contributed by atoms with Crippen molar-refractivity contribution in [2.75, 3.05) is 20.0 Å². The fourth-order valence-corrected chi connectivity index (χ4v) is 1.57. The van der Waals surface area contributed by atoms with Gasteiger partial charge in [-0.05, 0) is 17.7 Å². The van der Waals surface area contributed by atoms with E-state index in [9.17, 15) is 5.11 Å². The summed E-state index contributed by atoms with van der Waals surface area (Å²) < 4.78 is 10.1. The van der Waals surface area contributed by atoms with Gasteiger partial charge in [-0.15, -0.1) is 0 Å². The number of phenols is 1. The molecule has 0 heterocycles. The molecule has 0 fully saturated rings. The molecule has 5 heteroatoms. The topological polar surface area (TPSA) is 38.7 Å². The van der Waals surface area contributed by atoms with Gasteiger partial charge in [-0.1, -0.05) is 0 Å². The van der Waals surface area contributed by atoms with Crippen LogP contribution in [0.2, 0.25) is 0 Å². The zero-order valence-corrected chi connectivity index (χ0v) is 10.4. The van der Waals surface area contributed by atoms with Crippen molar-refractivity contribution >= 4 is 25.3 Å². The minimum Gasteiger partial charge on any atom is -0.502 e. The Morgan fingerprint density at radius 1 is 1.27 bits per heavy atom. The van der Waals surface area contributed by atoms with Crippen LogP contribution >= 0.6 is 25.3 Å². The van der Waals surface area contributed by atoms with E-state index >= 15 is 0 Å². The Bertz CT molecular complexity index is 316. The Kier molecular flexibility index (Phi) is 4.47. The highest BCUT2D eigenvalue weighted by molar-refractivity contribution is 7.84. The van der Waals surface area contributed by atoms with Crippen molar-refractivity contribution < 1.29 is 14.6 Å². The third kappa shape index (κ3) is 2.66. The Hall–Kier alpha value is -0.680. The molecule has 84 valence electrons. The predicted octanol–water partition coefficient (Wildman–Crippen LogP) is 2.31. The summed E-state index contributed by atoms with van der Waals surface area (Å²) in [5.74, 6) is 1.36. The zero-order valence-electron chi connectivity index (χ0n) is 8.60. The summed E-state index contributed by atoms with van der Waals surface area (Å²) in [5, 5.41) is 9.66. The molecule has 1 aromatic carbocycles. The van der Waals surface area contributed by atoms with E-state index < -0.39 is 0 Å². The maximum Gasteiger partial charge on any atom is 0.200 e. The van der Waals surface area contributed by atoms with Crippen LogP contribution in [0.3, 0.4) is 0 Å². The highest BCUT2D eigenvalue weighted by Gasteiger charge is 2.14. The first-order chi connectivity index (χ1) is 7.13. The second kappa shape index (κ2) is 5.42. The van der Waals surface area contributed by atoms with Gasteiger partial charge >= 0.3 is 0 Å². The quantitative estimate of drug-likeness (QED) is 0.714. The van der Waals surface area contributed by atoms with Crippen LogP contribution in [-0.4, -0.2) is 25.1 Å². The highest BCUT2D eigenvalue weighted by Crippen LogP contribution is 2.39. The summed E-state index contributed by atoms with van der Waals surface area (Å²) in [6, 6.07) is 3.46. The molecule has 0 saturated carbocycles. The Labute approximate surface area is 100 Å². The normalized spacial score (nSPS) is 12.3. The van der Waals surface area contributed by atoms with Gasteiger partial charge in [-0.25, -0.2) is 0 Å². The van der Waals surface area contributed by atoms with Crippen molar-refractivity contribution in [3.63, 3.8) is 0 Å². The van der Waals surface area contributed by atoms with Gasteiger partial charge in [-0.2, -0.15) is 25.3 Å². The van der Waals surface area contributed by atoms with E-state index in [1.165, 1.54) is 14.2 Å². The van der Waals surface area contributed by atoms with E-state index in [1.807, 2.05) is 0 Å². The third-order valence-electron chi connectivity index (χ3n) is 2.06. The fraction of sp³-hybridized carbons (Fsp3) is 0.400. The molecule has 1 N–H and O–H groups in total. The number of rotatable bonds is 4. The van der Waals surface area contributed by atoms with Gasteiger partial charge in [0.05, 0.1) is 14.2 Å². The van der Waals surface area contributed by atoms with Gasteiger partial charge in [-0.3, -0.25) is 0 Å². The summed E-state index contributed by atoms with van der Waals surface area (Å²) in [4.78, 5) is 0. The molecular weight excluding hydrogens is 232 g/mol. The van der Waals surface area contributed by atoms with Crippen LogP contribution in [0.25, 0.3) is 0 Å².